The maximum atomic E-state index is 6.06. The Hall–Kier alpha value is -1.88. The quantitative estimate of drug-likeness (QED) is 0.915. The van der Waals surface area contributed by atoms with Crippen molar-refractivity contribution in [1.82, 2.24) is 10.1 Å². The minimum absolute atomic E-state index is 0.121. The minimum Gasteiger partial charge on any atom is -0.485 e. The van der Waals surface area contributed by atoms with Crippen LogP contribution in [0.4, 0.5) is 0 Å². The van der Waals surface area contributed by atoms with Crippen LogP contribution < -0.4 is 10.5 Å². The molecule has 0 aliphatic carbocycles. The molecule has 1 atom stereocenters. The van der Waals surface area contributed by atoms with Crippen molar-refractivity contribution >= 4 is 0 Å². The molecule has 1 unspecified atom stereocenters. The molecule has 0 radical (unpaired) electrons. The van der Waals surface area contributed by atoms with Crippen LogP contribution in [0.2, 0.25) is 0 Å². The van der Waals surface area contributed by atoms with Crippen LogP contribution in [0.1, 0.15) is 38.5 Å². The second kappa shape index (κ2) is 5.40. The third kappa shape index (κ3) is 3.54. The topological polar surface area (TPSA) is 74.2 Å². The van der Waals surface area contributed by atoms with Gasteiger partial charge in [0.05, 0.1) is 6.04 Å². The number of para-hydroxylation sites is 1. The number of ether oxygens (including phenoxy) is 1. The zero-order valence-electron chi connectivity index (χ0n) is 11.5. The predicted octanol–water partition coefficient (Wildman–Crippen LogP) is 2.69. The summed E-state index contributed by atoms with van der Waals surface area (Å²) >= 11 is 0. The van der Waals surface area contributed by atoms with Gasteiger partial charge in [-0.2, -0.15) is 4.98 Å². The fraction of sp³-hybridized carbons (Fsp3) is 0.429. The van der Waals surface area contributed by atoms with Crippen molar-refractivity contribution in [3.05, 3.63) is 42.0 Å². The van der Waals surface area contributed by atoms with Gasteiger partial charge in [0.2, 0.25) is 11.7 Å². The molecule has 0 bridgehead atoms. The van der Waals surface area contributed by atoms with Crippen LogP contribution in [-0.4, -0.2) is 10.1 Å². The summed E-state index contributed by atoms with van der Waals surface area (Å²) in [5.74, 6) is 1.71. The lowest BCUT2D eigenvalue weighted by Gasteiger charge is -2.23. The van der Waals surface area contributed by atoms with Crippen molar-refractivity contribution in [3.63, 3.8) is 0 Å². The van der Waals surface area contributed by atoms with Crippen LogP contribution in [0.15, 0.2) is 34.9 Å². The summed E-state index contributed by atoms with van der Waals surface area (Å²) in [4.78, 5) is 4.26. The molecule has 5 nitrogen and oxygen atoms in total. The highest BCUT2D eigenvalue weighted by Gasteiger charge is 2.27. The highest BCUT2D eigenvalue weighted by molar-refractivity contribution is 5.20. The smallest absolute Gasteiger partial charge is 0.244 e. The second-order valence-electron chi connectivity index (χ2n) is 5.49. The number of benzene rings is 1. The average molecular weight is 261 g/mol. The fourth-order valence-electron chi connectivity index (χ4n) is 1.49. The Balaban J connectivity index is 1.98. The molecule has 2 rings (SSSR count). The van der Waals surface area contributed by atoms with Gasteiger partial charge in [-0.25, -0.2) is 0 Å². The number of rotatable bonds is 4. The SMILES string of the molecule is CC(C)(C)C(N)c1nc(COc2ccccc2)no1. The molecular weight excluding hydrogens is 242 g/mol. The Morgan fingerprint density at radius 3 is 2.58 bits per heavy atom. The molecule has 102 valence electrons. The summed E-state index contributed by atoms with van der Waals surface area (Å²) in [6.45, 7) is 6.36. The van der Waals surface area contributed by atoms with Crippen molar-refractivity contribution in [2.45, 2.75) is 33.4 Å². The molecule has 1 aromatic heterocycles. The van der Waals surface area contributed by atoms with E-state index >= 15 is 0 Å². The molecule has 0 saturated heterocycles. The Kier molecular flexibility index (Phi) is 3.85. The lowest BCUT2D eigenvalue weighted by Crippen LogP contribution is -2.26. The van der Waals surface area contributed by atoms with Gasteiger partial charge < -0.3 is 15.0 Å². The van der Waals surface area contributed by atoms with Crippen LogP contribution in [0.3, 0.4) is 0 Å². The molecule has 2 N–H and O–H groups in total. The van der Waals surface area contributed by atoms with Crippen molar-refractivity contribution in [3.8, 4) is 5.75 Å². The van der Waals surface area contributed by atoms with E-state index in [1.165, 1.54) is 0 Å². The second-order valence-corrected chi connectivity index (χ2v) is 5.49. The predicted molar refractivity (Wildman–Crippen MR) is 71.5 cm³/mol. The highest BCUT2D eigenvalue weighted by Crippen LogP contribution is 2.29. The van der Waals surface area contributed by atoms with Gasteiger partial charge in [-0.1, -0.05) is 44.1 Å². The van der Waals surface area contributed by atoms with Crippen molar-refractivity contribution < 1.29 is 9.26 Å². The maximum absolute atomic E-state index is 6.06. The first-order valence-corrected chi connectivity index (χ1v) is 6.23. The molecule has 1 aromatic carbocycles. The third-order valence-corrected chi connectivity index (χ3v) is 2.79. The van der Waals surface area contributed by atoms with Crippen molar-refractivity contribution in [1.29, 1.82) is 0 Å². The fourth-order valence-corrected chi connectivity index (χ4v) is 1.49. The zero-order chi connectivity index (χ0) is 13.9. The van der Waals surface area contributed by atoms with E-state index in [4.69, 9.17) is 15.0 Å². The average Bonchev–Trinajstić information content (AvgIpc) is 2.84. The van der Waals surface area contributed by atoms with Gasteiger partial charge >= 0.3 is 0 Å². The van der Waals surface area contributed by atoms with Crippen LogP contribution >= 0.6 is 0 Å². The zero-order valence-corrected chi connectivity index (χ0v) is 11.5. The molecule has 0 aliphatic heterocycles. The molecular formula is C14H19N3O2. The summed E-state index contributed by atoms with van der Waals surface area (Å²) in [5.41, 5.74) is 5.93. The molecule has 0 spiro atoms. The van der Waals surface area contributed by atoms with Crippen molar-refractivity contribution in [2.75, 3.05) is 0 Å². The van der Waals surface area contributed by atoms with Gasteiger partial charge in [0.15, 0.2) is 6.61 Å². The van der Waals surface area contributed by atoms with Crippen LogP contribution in [0.25, 0.3) is 0 Å². The highest BCUT2D eigenvalue weighted by atomic mass is 16.5. The molecule has 2 aromatic rings. The van der Waals surface area contributed by atoms with E-state index in [0.717, 1.165) is 5.75 Å². The standard InChI is InChI=1S/C14H19N3O2/c1-14(2,3)12(15)13-16-11(17-19-13)9-18-10-7-5-4-6-8-10/h4-8,12H,9,15H2,1-3H3. The number of nitrogens with zero attached hydrogens (tertiary/aromatic N) is 2. The van der Waals surface area contributed by atoms with Gasteiger partial charge in [-0.05, 0) is 17.5 Å². The van der Waals surface area contributed by atoms with E-state index in [2.05, 4.69) is 10.1 Å². The minimum atomic E-state index is -0.287. The molecule has 0 aliphatic rings. The third-order valence-electron chi connectivity index (χ3n) is 2.79. The first-order chi connectivity index (χ1) is 8.97. The molecule has 0 saturated carbocycles. The monoisotopic (exact) mass is 261 g/mol. The Morgan fingerprint density at radius 2 is 1.95 bits per heavy atom. The van der Waals surface area contributed by atoms with Gasteiger partial charge in [0.1, 0.15) is 5.75 Å². The number of nitrogens with two attached hydrogens (primary N) is 1. The van der Waals surface area contributed by atoms with E-state index in [1.807, 2.05) is 51.1 Å². The lowest BCUT2D eigenvalue weighted by molar-refractivity contribution is 0.249. The summed E-state index contributed by atoms with van der Waals surface area (Å²) in [6.07, 6.45) is 0. The van der Waals surface area contributed by atoms with E-state index in [1.54, 1.807) is 0 Å². The summed E-state index contributed by atoms with van der Waals surface area (Å²) < 4.78 is 10.7. The van der Waals surface area contributed by atoms with Gasteiger partial charge in [0.25, 0.3) is 0 Å². The number of hydrogen-bond donors (Lipinski definition) is 1. The van der Waals surface area contributed by atoms with Crippen LogP contribution in [0.5, 0.6) is 5.75 Å². The number of aromatic nitrogens is 2. The van der Waals surface area contributed by atoms with E-state index in [-0.39, 0.29) is 18.1 Å². The van der Waals surface area contributed by atoms with Gasteiger partial charge in [-0.15, -0.1) is 0 Å². The molecule has 19 heavy (non-hydrogen) atoms. The first kappa shape index (κ1) is 13.5. The van der Waals surface area contributed by atoms with Crippen LogP contribution in [0, 0.1) is 5.41 Å². The maximum Gasteiger partial charge on any atom is 0.244 e. The van der Waals surface area contributed by atoms with E-state index in [9.17, 15) is 0 Å². The largest absolute Gasteiger partial charge is 0.485 e. The Morgan fingerprint density at radius 1 is 1.26 bits per heavy atom. The molecule has 0 fully saturated rings. The number of hydrogen-bond acceptors (Lipinski definition) is 5. The summed E-state index contributed by atoms with van der Waals surface area (Å²) in [7, 11) is 0. The first-order valence-electron chi connectivity index (χ1n) is 6.23. The van der Waals surface area contributed by atoms with Gasteiger partial charge in [-0.3, -0.25) is 0 Å². The van der Waals surface area contributed by atoms with Crippen molar-refractivity contribution in [2.24, 2.45) is 11.1 Å². The Bertz CT molecular complexity index is 517. The van der Waals surface area contributed by atoms with Crippen LogP contribution in [-0.2, 0) is 6.61 Å². The van der Waals surface area contributed by atoms with E-state index in [0.29, 0.717) is 11.7 Å². The molecule has 1 heterocycles. The summed E-state index contributed by atoms with van der Waals surface area (Å²) in [6, 6.07) is 9.22. The van der Waals surface area contributed by atoms with Gasteiger partial charge in [0, 0.05) is 0 Å². The molecule has 0 amide bonds. The Labute approximate surface area is 112 Å². The normalized spacial score (nSPS) is 13.3. The summed E-state index contributed by atoms with van der Waals surface area (Å²) in [5, 5.41) is 3.87. The lowest BCUT2D eigenvalue weighted by atomic mass is 9.87. The molecule has 5 heteroatoms. The van der Waals surface area contributed by atoms with E-state index < -0.39 is 0 Å².